The summed E-state index contributed by atoms with van der Waals surface area (Å²) in [7, 11) is 3.00. The number of hydrogen-bond donors (Lipinski definition) is 3. The van der Waals surface area contributed by atoms with Gasteiger partial charge in [-0.25, -0.2) is 19.3 Å². The Morgan fingerprint density at radius 3 is 2.59 bits per heavy atom. The lowest BCUT2D eigenvalue weighted by Gasteiger charge is -2.17. The fourth-order valence-corrected chi connectivity index (χ4v) is 3.02. The molecule has 0 aliphatic heterocycles. The van der Waals surface area contributed by atoms with E-state index in [0.717, 1.165) is 0 Å². The van der Waals surface area contributed by atoms with Crippen LogP contribution in [0.5, 0.6) is 0 Å². The topological polar surface area (TPSA) is 123 Å². The highest BCUT2D eigenvalue weighted by Gasteiger charge is 2.19. The van der Waals surface area contributed by atoms with Gasteiger partial charge in [0.2, 0.25) is 0 Å². The summed E-state index contributed by atoms with van der Waals surface area (Å²) in [6.07, 6.45) is 2.40. The van der Waals surface area contributed by atoms with Crippen molar-refractivity contribution in [2.24, 2.45) is 0 Å². The zero-order chi connectivity index (χ0) is 21.1. The van der Waals surface area contributed by atoms with Gasteiger partial charge in [-0.2, -0.15) is 5.10 Å². The van der Waals surface area contributed by atoms with E-state index in [4.69, 9.17) is 27.9 Å². The first-order valence-corrected chi connectivity index (χ1v) is 9.12. The summed E-state index contributed by atoms with van der Waals surface area (Å²) in [4.78, 5) is 32.3. The quantitative estimate of drug-likeness (QED) is 0.563. The van der Waals surface area contributed by atoms with E-state index in [-0.39, 0.29) is 15.9 Å². The highest BCUT2D eigenvalue weighted by molar-refractivity contribution is 6.33. The minimum absolute atomic E-state index is 0.0570. The van der Waals surface area contributed by atoms with Crippen LogP contribution in [0.2, 0.25) is 10.2 Å². The average molecular weight is 438 g/mol. The number of rotatable bonds is 5. The van der Waals surface area contributed by atoms with Crippen LogP contribution in [-0.4, -0.2) is 45.7 Å². The summed E-state index contributed by atoms with van der Waals surface area (Å²) in [6, 6.07) is 2.45. The molecule has 0 saturated carbocycles. The highest BCUT2D eigenvalue weighted by Crippen LogP contribution is 2.26. The van der Waals surface area contributed by atoms with Crippen molar-refractivity contribution >= 4 is 52.2 Å². The molecule has 12 heteroatoms. The molecule has 1 unspecified atom stereocenters. The molecule has 3 amide bonds. The predicted octanol–water partition coefficient (Wildman–Crippen LogP) is 3.14. The number of urea groups is 1. The fourth-order valence-electron chi connectivity index (χ4n) is 2.60. The number of nitrogens with one attached hydrogen (secondary N) is 3. The minimum Gasteiger partial charge on any atom is -0.375 e. The van der Waals surface area contributed by atoms with E-state index >= 15 is 0 Å². The molecule has 0 spiro atoms. The molecule has 0 bridgehead atoms. The number of methoxy groups -OCH3 is 1. The molecule has 0 aromatic carbocycles. The van der Waals surface area contributed by atoms with Crippen molar-refractivity contribution in [3.63, 3.8) is 0 Å². The van der Waals surface area contributed by atoms with E-state index in [9.17, 15) is 9.59 Å². The number of carbonyl (C=O) groups excluding carboxylic acids is 2. The minimum atomic E-state index is -0.570. The van der Waals surface area contributed by atoms with Gasteiger partial charge in [0.1, 0.15) is 5.69 Å². The zero-order valence-corrected chi connectivity index (χ0v) is 17.2. The van der Waals surface area contributed by atoms with Crippen molar-refractivity contribution in [2.45, 2.75) is 13.0 Å². The molecule has 0 aliphatic carbocycles. The maximum absolute atomic E-state index is 12.5. The Morgan fingerprint density at radius 1 is 1.17 bits per heavy atom. The molecule has 0 aliphatic rings. The first kappa shape index (κ1) is 20.8. The third kappa shape index (κ3) is 4.39. The van der Waals surface area contributed by atoms with Crippen molar-refractivity contribution in [3.05, 3.63) is 46.1 Å². The van der Waals surface area contributed by atoms with Gasteiger partial charge in [0, 0.05) is 20.2 Å². The molecule has 3 N–H and O–H groups in total. The predicted molar refractivity (Wildman–Crippen MR) is 109 cm³/mol. The van der Waals surface area contributed by atoms with Gasteiger partial charge in [0.15, 0.2) is 10.8 Å². The Balaban J connectivity index is 1.85. The van der Waals surface area contributed by atoms with Crippen LogP contribution in [0.4, 0.5) is 16.2 Å². The number of ether oxygens (including phenoxy) is 1. The van der Waals surface area contributed by atoms with E-state index in [1.165, 1.54) is 37.1 Å². The fraction of sp³-hybridized carbons (Fsp3) is 0.235. The third-order valence-electron chi connectivity index (χ3n) is 4.02. The number of hydrogen-bond acceptors (Lipinski definition) is 6. The Kier molecular flexibility index (Phi) is 6.16. The van der Waals surface area contributed by atoms with Gasteiger partial charge in [-0.3, -0.25) is 4.79 Å². The Morgan fingerprint density at radius 2 is 1.93 bits per heavy atom. The first-order chi connectivity index (χ1) is 13.8. The van der Waals surface area contributed by atoms with Gasteiger partial charge >= 0.3 is 6.03 Å². The molecule has 10 nitrogen and oxygen atoms in total. The Bertz CT molecular complexity index is 1090. The smallest absolute Gasteiger partial charge is 0.323 e. The van der Waals surface area contributed by atoms with Crippen molar-refractivity contribution in [1.82, 2.24) is 24.9 Å². The second-order valence-corrected chi connectivity index (χ2v) is 6.68. The molecule has 152 valence electrons. The summed E-state index contributed by atoms with van der Waals surface area (Å²) in [5.41, 5.74) is 1.82. The van der Waals surface area contributed by atoms with E-state index in [1.54, 1.807) is 13.0 Å². The van der Waals surface area contributed by atoms with Crippen molar-refractivity contribution < 1.29 is 14.3 Å². The van der Waals surface area contributed by atoms with Gasteiger partial charge in [-0.1, -0.05) is 23.2 Å². The Hall–Kier alpha value is -2.95. The molecule has 0 saturated heterocycles. The Labute approximate surface area is 175 Å². The monoisotopic (exact) mass is 437 g/mol. The molecular formula is C17H17Cl2N7O3. The van der Waals surface area contributed by atoms with Crippen LogP contribution < -0.4 is 16.0 Å². The van der Waals surface area contributed by atoms with Crippen LogP contribution in [0.1, 0.15) is 29.2 Å². The summed E-state index contributed by atoms with van der Waals surface area (Å²) in [5.74, 6) is -0.429. The highest BCUT2D eigenvalue weighted by atomic mass is 35.5. The number of halogens is 2. The third-order valence-corrected chi connectivity index (χ3v) is 4.49. The number of aromatic nitrogens is 4. The maximum Gasteiger partial charge on any atom is 0.323 e. The van der Waals surface area contributed by atoms with Crippen molar-refractivity contribution in [3.8, 4) is 0 Å². The molecule has 3 rings (SSSR count). The molecular weight excluding hydrogens is 421 g/mol. The lowest BCUT2D eigenvalue weighted by molar-refractivity contribution is 0.0958. The number of amides is 3. The molecule has 3 aromatic rings. The second kappa shape index (κ2) is 8.60. The first-order valence-electron chi connectivity index (χ1n) is 8.36. The largest absolute Gasteiger partial charge is 0.375 e. The van der Waals surface area contributed by atoms with Gasteiger partial charge in [0.05, 0.1) is 40.6 Å². The lowest BCUT2D eigenvalue weighted by Crippen LogP contribution is -2.23. The number of nitrogens with zero attached hydrogens (tertiary/aromatic N) is 4. The molecule has 1 atom stereocenters. The zero-order valence-electron chi connectivity index (χ0n) is 15.7. The molecule has 0 fully saturated rings. The molecule has 29 heavy (non-hydrogen) atoms. The van der Waals surface area contributed by atoms with Gasteiger partial charge in [0.25, 0.3) is 5.91 Å². The van der Waals surface area contributed by atoms with E-state index in [0.29, 0.717) is 22.7 Å². The van der Waals surface area contributed by atoms with Crippen molar-refractivity contribution in [1.29, 1.82) is 0 Å². The number of carbonyl (C=O) groups is 2. The molecule has 0 radical (unpaired) electrons. The number of pyridine rings is 1. The normalized spacial score (nSPS) is 11.9. The second-order valence-electron chi connectivity index (χ2n) is 5.88. The van der Waals surface area contributed by atoms with Crippen molar-refractivity contribution in [2.75, 3.05) is 24.8 Å². The lowest BCUT2D eigenvalue weighted by atomic mass is 10.2. The summed E-state index contributed by atoms with van der Waals surface area (Å²) >= 11 is 12.0. The summed E-state index contributed by atoms with van der Waals surface area (Å²) in [6.45, 7) is 1.80. The summed E-state index contributed by atoms with van der Waals surface area (Å²) < 4.78 is 6.89. The van der Waals surface area contributed by atoms with Gasteiger partial charge < -0.3 is 20.7 Å². The SMILES string of the molecule is CNC(=O)c1ncc(NC(=O)Nc2cnc3cc(Cl)nn3c2C(C)OC)cc1Cl. The van der Waals surface area contributed by atoms with Gasteiger partial charge in [-0.15, -0.1) is 0 Å². The van der Waals surface area contributed by atoms with Crippen LogP contribution in [0.3, 0.4) is 0 Å². The standard InChI is InChI=1S/C17H17Cl2N7O3/c1-8(29-3)15-11(7-21-13-5-12(19)25-26(13)15)24-17(28)23-9-4-10(18)14(22-6-9)16(27)20-2/h4-8H,1-3H3,(H,20,27)(H2,23,24,28). The van der Waals surface area contributed by atoms with Crippen LogP contribution in [0, 0.1) is 0 Å². The van der Waals surface area contributed by atoms with Crippen LogP contribution in [0.15, 0.2) is 24.5 Å². The van der Waals surface area contributed by atoms with Crippen LogP contribution in [0.25, 0.3) is 5.65 Å². The molecule has 3 aromatic heterocycles. The molecule has 3 heterocycles. The number of anilines is 2. The van der Waals surface area contributed by atoms with E-state index in [1.807, 2.05) is 0 Å². The van der Waals surface area contributed by atoms with Crippen LogP contribution >= 0.6 is 23.2 Å². The number of fused-ring (bicyclic) bond motifs is 1. The van der Waals surface area contributed by atoms with E-state index < -0.39 is 18.0 Å². The van der Waals surface area contributed by atoms with Crippen LogP contribution in [-0.2, 0) is 4.74 Å². The van der Waals surface area contributed by atoms with Gasteiger partial charge in [-0.05, 0) is 13.0 Å². The van der Waals surface area contributed by atoms with E-state index in [2.05, 4.69) is 31.0 Å². The average Bonchev–Trinajstić information content (AvgIpc) is 3.06. The maximum atomic E-state index is 12.5. The summed E-state index contributed by atoms with van der Waals surface area (Å²) in [5, 5.41) is 12.3.